The van der Waals surface area contributed by atoms with E-state index in [1.54, 1.807) is 29.9 Å². The molecule has 6 nitrogen and oxygen atoms in total. The third kappa shape index (κ3) is 4.17. The van der Waals surface area contributed by atoms with Gasteiger partial charge in [0.25, 0.3) is 5.91 Å². The number of hydrogen-bond acceptors (Lipinski definition) is 5. The number of rotatable bonds is 6. The lowest BCUT2D eigenvalue weighted by atomic mass is 10.1. The molecule has 0 aromatic carbocycles. The van der Waals surface area contributed by atoms with Gasteiger partial charge in [-0.3, -0.25) is 14.3 Å². The lowest BCUT2D eigenvalue weighted by molar-refractivity contribution is -0.162. The molecule has 0 radical (unpaired) electrons. The summed E-state index contributed by atoms with van der Waals surface area (Å²) < 4.78 is 6.75. The van der Waals surface area contributed by atoms with Crippen molar-refractivity contribution in [1.29, 1.82) is 0 Å². The molecule has 2 aromatic rings. The van der Waals surface area contributed by atoms with Gasteiger partial charge in [0.2, 0.25) is 0 Å². The highest BCUT2D eigenvalue weighted by atomic mass is 32.1. The molecule has 22 heavy (non-hydrogen) atoms. The summed E-state index contributed by atoms with van der Waals surface area (Å²) in [5, 5.41) is 11.2. The minimum atomic E-state index is -1.17. The first-order chi connectivity index (χ1) is 10.4. The summed E-state index contributed by atoms with van der Waals surface area (Å²) >= 11 is 1.63. The number of amides is 1. The molecule has 0 aliphatic heterocycles. The Morgan fingerprint density at radius 3 is 2.82 bits per heavy atom. The molecular weight excluding hydrogens is 302 g/mol. The topological polar surface area (TPSA) is 73.2 Å². The molecule has 0 unspecified atom stereocenters. The molecular formula is C15H19N3O3S. The van der Waals surface area contributed by atoms with E-state index < -0.39 is 11.6 Å². The van der Waals surface area contributed by atoms with Crippen molar-refractivity contribution in [3.8, 4) is 11.3 Å². The van der Waals surface area contributed by atoms with Crippen LogP contribution in [0.3, 0.4) is 0 Å². The zero-order valence-corrected chi connectivity index (χ0v) is 13.6. The minimum Gasteiger partial charge on any atom is -0.450 e. The average Bonchev–Trinajstić information content (AvgIpc) is 3.07. The number of hydrogen-bond donors (Lipinski definition) is 1. The first-order valence-electron chi connectivity index (χ1n) is 6.92. The van der Waals surface area contributed by atoms with Gasteiger partial charge in [-0.1, -0.05) is 0 Å². The molecule has 1 amide bonds. The number of thiophene rings is 1. The number of nitrogens with zero attached hydrogens (tertiary/aromatic N) is 2. The molecule has 0 atom stereocenters. The van der Waals surface area contributed by atoms with Crippen molar-refractivity contribution < 1.29 is 14.3 Å². The fourth-order valence-corrected chi connectivity index (χ4v) is 2.60. The lowest BCUT2D eigenvalue weighted by Gasteiger charge is -2.23. The smallest absolute Gasteiger partial charge is 0.303 e. The van der Waals surface area contributed by atoms with Gasteiger partial charge in [0, 0.05) is 30.6 Å². The molecule has 0 spiro atoms. The standard InChI is InChI=1S/C15H19N3O3S/c1-11(19)21-15(2,3)14(20)16-6-8-18-7-4-13(17-18)12-5-9-22-10-12/h4-5,7,9-10H,6,8H2,1-3H3,(H,16,20). The number of carbonyl (C=O) groups excluding carboxylic acids is 2. The van der Waals surface area contributed by atoms with Gasteiger partial charge in [-0.15, -0.1) is 0 Å². The van der Waals surface area contributed by atoms with Crippen molar-refractivity contribution in [3.63, 3.8) is 0 Å². The normalized spacial score (nSPS) is 11.2. The van der Waals surface area contributed by atoms with Crippen molar-refractivity contribution in [2.45, 2.75) is 32.9 Å². The molecule has 7 heteroatoms. The zero-order chi connectivity index (χ0) is 16.2. The Morgan fingerprint density at radius 2 is 2.18 bits per heavy atom. The van der Waals surface area contributed by atoms with E-state index in [2.05, 4.69) is 10.4 Å². The quantitative estimate of drug-likeness (QED) is 0.827. The molecule has 118 valence electrons. The van der Waals surface area contributed by atoms with E-state index in [1.165, 1.54) is 6.92 Å². The number of carbonyl (C=O) groups is 2. The Labute approximate surface area is 133 Å². The Morgan fingerprint density at radius 1 is 1.41 bits per heavy atom. The van der Waals surface area contributed by atoms with Crippen LogP contribution in [0.5, 0.6) is 0 Å². The molecule has 0 aliphatic carbocycles. The third-order valence-electron chi connectivity index (χ3n) is 3.03. The maximum absolute atomic E-state index is 12.0. The van der Waals surface area contributed by atoms with Crippen LogP contribution in [0.25, 0.3) is 11.3 Å². The monoisotopic (exact) mass is 321 g/mol. The van der Waals surface area contributed by atoms with Crippen LogP contribution in [0.15, 0.2) is 29.1 Å². The maximum Gasteiger partial charge on any atom is 0.303 e. The summed E-state index contributed by atoms with van der Waals surface area (Å²) in [5.74, 6) is -0.805. The predicted octanol–water partition coefficient (Wildman–Crippen LogP) is 2.07. The maximum atomic E-state index is 12.0. The third-order valence-corrected chi connectivity index (χ3v) is 3.71. The number of ether oxygens (including phenoxy) is 1. The summed E-state index contributed by atoms with van der Waals surface area (Å²) in [6.07, 6.45) is 1.87. The average molecular weight is 321 g/mol. The molecule has 0 saturated heterocycles. The molecule has 0 bridgehead atoms. The highest BCUT2D eigenvalue weighted by molar-refractivity contribution is 7.08. The fraction of sp³-hybridized carbons (Fsp3) is 0.400. The number of aromatic nitrogens is 2. The molecule has 0 saturated carbocycles. The van der Waals surface area contributed by atoms with Crippen LogP contribution in [0.2, 0.25) is 0 Å². The van der Waals surface area contributed by atoms with Crippen LogP contribution in [0, 0.1) is 0 Å². The van der Waals surface area contributed by atoms with Crippen molar-refractivity contribution in [1.82, 2.24) is 15.1 Å². The van der Waals surface area contributed by atoms with Gasteiger partial charge in [0.05, 0.1) is 12.2 Å². The van der Waals surface area contributed by atoms with Crippen LogP contribution in [0.1, 0.15) is 20.8 Å². The first kappa shape index (κ1) is 16.2. The SMILES string of the molecule is CC(=O)OC(C)(C)C(=O)NCCn1ccc(-c2ccsc2)n1. The molecule has 1 N–H and O–H groups in total. The van der Waals surface area contributed by atoms with Gasteiger partial charge < -0.3 is 10.1 Å². The second-order valence-corrected chi connectivity index (χ2v) is 6.12. The van der Waals surface area contributed by atoms with E-state index in [4.69, 9.17) is 4.74 Å². The lowest BCUT2D eigenvalue weighted by Crippen LogP contribution is -2.46. The van der Waals surface area contributed by atoms with E-state index in [-0.39, 0.29) is 5.91 Å². The Balaban J connectivity index is 1.84. The Bertz CT molecular complexity index is 647. The number of nitrogens with one attached hydrogen (secondary N) is 1. The summed E-state index contributed by atoms with van der Waals surface area (Å²) in [5.41, 5.74) is 0.828. The van der Waals surface area contributed by atoms with Gasteiger partial charge in [0.1, 0.15) is 0 Å². The van der Waals surface area contributed by atoms with Gasteiger partial charge in [-0.2, -0.15) is 16.4 Å². The Kier molecular flexibility index (Phi) is 4.97. The van der Waals surface area contributed by atoms with Crippen LogP contribution in [0.4, 0.5) is 0 Å². The van der Waals surface area contributed by atoms with Crippen molar-refractivity contribution in [2.24, 2.45) is 0 Å². The number of esters is 1. The summed E-state index contributed by atoms with van der Waals surface area (Å²) in [6.45, 7) is 5.36. The van der Waals surface area contributed by atoms with Crippen molar-refractivity contribution >= 4 is 23.2 Å². The minimum absolute atomic E-state index is 0.326. The van der Waals surface area contributed by atoms with E-state index in [1.807, 2.05) is 29.1 Å². The van der Waals surface area contributed by atoms with Gasteiger partial charge in [-0.05, 0) is 31.4 Å². The largest absolute Gasteiger partial charge is 0.450 e. The second kappa shape index (κ2) is 6.74. The molecule has 2 aromatic heterocycles. The highest BCUT2D eigenvalue weighted by Gasteiger charge is 2.30. The van der Waals surface area contributed by atoms with Gasteiger partial charge in [0.15, 0.2) is 5.60 Å². The summed E-state index contributed by atoms with van der Waals surface area (Å²) in [7, 11) is 0. The van der Waals surface area contributed by atoms with Crippen molar-refractivity contribution in [3.05, 3.63) is 29.1 Å². The van der Waals surface area contributed by atoms with E-state index >= 15 is 0 Å². The first-order valence-corrected chi connectivity index (χ1v) is 7.86. The summed E-state index contributed by atoms with van der Waals surface area (Å²) in [6, 6.07) is 3.95. The van der Waals surface area contributed by atoms with Gasteiger partial charge in [-0.25, -0.2) is 0 Å². The molecule has 2 rings (SSSR count). The molecule has 2 heterocycles. The van der Waals surface area contributed by atoms with E-state index in [0.717, 1.165) is 11.3 Å². The van der Waals surface area contributed by atoms with Crippen molar-refractivity contribution in [2.75, 3.05) is 6.54 Å². The summed E-state index contributed by atoms with van der Waals surface area (Å²) in [4.78, 5) is 22.9. The fourth-order valence-electron chi connectivity index (χ4n) is 1.95. The van der Waals surface area contributed by atoms with Crippen LogP contribution in [-0.2, 0) is 20.9 Å². The van der Waals surface area contributed by atoms with E-state index in [0.29, 0.717) is 13.1 Å². The van der Waals surface area contributed by atoms with E-state index in [9.17, 15) is 9.59 Å². The second-order valence-electron chi connectivity index (χ2n) is 5.34. The van der Waals surface area contributed by atoms with Crippen LogP contribution < -0.4 is 5.32 Å². The predicted molar refractivity (Wildman–Crippen MR) is 84.4 cm³/mol. The highest BCUT2D eigenvalue weighted by Crippen LogP contribution is 2.19. The Hall–Kier alpha value is -2.15. The zero-order valence-electron chi connectivity index (χ0n) is 12.8. The van der Waals surface area contributed by atoms with Crippen LogP contribution >= 0.6 is 11.3 Å². The van der Waals surface area contributed by atoms with Crippen LogP contribution in [-0.4, -0.2) is 33.8 Å². The molecule has 0 fully saturated rings. The molecule has 0 aliphatic rings. The van der Waals surface area contributed by atoms with Gasteiger partial charge >= 0.3 is 5.97 Å².